The smallest absolute Gasteiger partial charge is 0.282 e. The highest BCUT2D eigenvalue weighted by Gasteiger charge is 2.18. The van der Waals surface area contributed by atoms with Gasteiger partial charge < -0.3 is 10.1 Å². The maximum Gasteiger partial charge on any atom is 0.282 e. The third-order valence-electron chi connectivity index (χ3n) is 2.60. The van der Waals surface area contributed by atoms with Gasteiger partial charge in [-0.25, -0.2) is 23.7 Å². The van der Waals surface area contributed by atoms with Crippen molar-refractivity contribution in [1.82, 2.24) is 15.0 Å². The number of aromatic nitrogens is 3. The molecule has 0 aliphatic carbocycles. The van der Waals surface area contributed by atoms with Crippen LogP contribution in [0.4, 0.5) is 14.6 Å². The summed E-state index contributed by atoms with van der Waals surface area (Å²) in [5.41, 5.74) is -0.509. The summed E-state index contributed by atoms with van der Waals surface area (Å²) in [6.07, 6.45) is -1.38. The molecular formula is C13H11Cl3F2N4O. The molecule has 0 aliphatic heterocycles. The molecule has 0 radical (unpaired) electrons. The number of aryl methyl sites for hydroxylation is 1. The van der Waals surface area contributed by atoms with Gasteiger partial charge in [0.25, 0.3) is 6.43 Å². The lowest BCUT2D eigenvalue weighted by Crippen LogP contribution is -2.14. The zero-order valence-electron chi connectivity index (χ0n) is 11.8. The SMILES string of the molecule is Cc1nc(NCCOc2ncc(Cl)cc2Cl)c(Cl)c(C(F)F)n1. The van der Waals surface area contributed by atoms with Crippen LogP contribution >= 0.6 is 34.8 Å². The van der Waals surface area contributed by atoms with Crippen LogP contribution in [0.25, 0.3) is 0 Å². The van der Waals surface area contributed by atoms with Crippen LogP contribution in [0.15, 0.2) is 12.3 Å². The zero-order chi connectivity index (χ0) is 17.0. The van der Waals surface area contributed by atoms with E-state index in [1.165, 1.54) is 19.2 Å². The van der Waals surface area contributed by atoms with Gasteiger partial charge in [-0.05, 0) is 13.0 Å². The van der Waals surface area contributed by atoms with Crippen LogP contribution in [0.5, 0.6) is 5.88 Å². The van der Waals surface area contributed by atoms with Crippen molar-refractivity contribution >= 4 is 40.6 Å². The van der Waals surface area contributed by atoms with Crippen molar-refractivity contribution in [2.24, 2.45) is 0 Å². The number of pyridine rings is 1. The largest absolute Gasteiger partial charge is 0.475 e. The molecule has 0 spiro atoms. The number of halogens is 5. The summed E-state index contributed by atoms with van der Waals surface area (Å²) in [6.45, 7) is 1.92. The first kappa shape index (κ1) is 17.9. The standard InChI is InChI=1S/C13H11Cl3F2N4O/c1-6-21-10(11(17)18)9(16)12(22-6)19-2-3-23-13-8(15)4-7(14)5-20-13/h4-5,11H,2-3H2,1H3,(H,19,21,22). The molecule has 2 rings (SSSR count). The highest BCUT2D eigenvalue weighted by atomic mass is 35.5. The Labute approximate surface area is 146 Å². The Balaban J connectivity index is 1.96. The summed E-state index contributed by atoms with van der Waals surface area (Å²) >= 11 is 17.5. The highest BCUT2D eigenvalue weighted by Crippen LogP contribution is 2.30. The third kappa shape index (κ3) is 4.76. The molecule has 0 unspecified atom stereocenters. The number of hydrogen-bond acceptors (Lipinski definition) is 5. The number of ether oxygens (including phenoxy) is 1. The lowest BCUT2D eigenvalue weighted by molar-refractivity contribution is 0.146. The van der Waals surface area contributed by atoms with Crippen molar-refractivity contribution in [3.8, 4) is 5.88 Å². The summed E-state index contributed by atoms with van der Waals surface area (Å²) in [5, 5.41) is 3.26. The molecule has 2 aromatic heterocycles. The number of nitrogens with zero attached hydrogens (tertiary/aromatic N) is 3. The maximum absolute atomic E-state index is 12.8. The second-order valence-corrected chi connectivity index (χ2v) is 5.56. The molecule has 1 N–H and O–H groups in total. The van der Waals surface area contributed by atoms with E-state index in [-0.39, 0.29) is 40.7 Å². The van der Waals surface area contributed by atoms with Gasteiger partial charge in [0.1, 0.15) is 34.0 Å². The summed E-state index contributed by atoms with van der Waals surface area (Å²) in [6, 6.07) is 1.50. The lowest BCUT2D eigenvalue weighted by Gasteiger charge is -2.12. The topological polar surface area (TPSA) is 59.9 Å². The Kier molecular flexibility index (Phi) is 6.15. The van der Waals surface area contributed by atoms with Gasteiger partial charge in [0.2, 0.25) is 5.88 Å². The third-order valence-corrected chi connectivity index (χ3v) is 3.45. The minimum atomic E-state index is -2.78. The zero-order valence-corrected chi connectivity index (χ0v) is 14.1. The number of anilines is 1. The fourth-order valence-electron chi connectivity index (χ4n) is 1.67. The Hall–Kier alpha value is -1.44. The molecule has 5 nitrogen and oxygen atoms in total. The van der Waals surface area contributed by atoms with Crippen LogP contribution in [0.2, 0.25) is 15.1 Å². The number of nitrogens with one attached hydrogen (secondary N) is 1. The van der Waals surface area contributed by atoms with E-state index in [2.05, 4.69) is 20.3 Å². The van der Waals surface area contributed by atoms with Crippen molar-refractivity contribution in [1.29, 1.82) is 0 Å². The average molecular weight is 384 g/mol. The van der Waals surface area contributed by atoms with Crippen LogP contribution in [0.3, 0.4) is 0 Å². The number of hydrogen-bond donors (Lipinski definition) is 1. The molecular weight excluding hydrogens is 373 g/mol. The van der Waals surface area contributed by atoms with Gasteiger partial charge in [-0.1, -0.05) is 34.8 Å². The van der Waals surface area contributed by atoms with Gasteiger partial charge in [0.05, 0.1) is 11.6 Å². The fourth-order valence-corrected chi connectivity index (χ4v) is 2.34. The van der Waals surface area contributed by atoms with Crippen LogP contribution in [0, 0.1) is 6.92 Å². The summed E-state index contributed by atoms with van der Waals surface area (Å²) < 4.78 is 31.0. The molecule has 0 amide bonds. The molecule has 23 heavy (non-hydrogen) atoms. The Morgan fingerprint density at radius 2 is 2.00 bits per heavy atom. The molecule has 0 aromatic carbocycles. The predicted octanol–water partition coefficient (Wildman–Crippen LogP) is 4.57. The van der Waals surface area contributed by atoms with Gasteiger partial charge in [-0.3, -0.25) is 0 Å². The van der Waals surface area contributed by atoms with Crippen molar-refractivity contribution in [3.63, 3.8) is 0 Å². The fraction of sp³-hybridized carbons (Fsp3) is 0.308. The lowest BCUT2D eigenvalue weighted by atomic mass is 10.3. The van der Waals surface area contributed by atoms with E-state index in [1.807, 2.05) is 0 Å². The van der Waals surface area contributed by atoms with E-state index >= 15 is 0 Å². The van der Waals surface area contributed by atoms with Crippen molar-refractivity contribution in [2.75, 3.05) is 18.5 Å². The normalized spacial score (nSPS) is 10.9. The average Bonchev–Trinajstić information content (AvgIpc) is 2.48. The van der Waals surface area contributed by atoms with E-state index in [4.69, 9.17) is 39.5 Å². The van der Waals surface area contributed by atoms with E-state index in [9.17, 15) is 8.78 Å². The molecule has 2 aromatic rings. The molecule has 10 heteroatoms. The minimum absolute atomic E-state index is 0.119. The number of alkyl halides is 2. The molecule has 0 saturated carbocycles. The second kappa shape index (κ2) is 7.90. The van der Waals surface area contributed by atoms with E-state index in [0.717, 1.165) is 0 Å². The van der Waals surface area contributed by atoms with Crippen LogP contribution < -0.4 is 10.1 Å². The van der Waals surface area contributed by atoms with Gasteiger partial charge in [0.15, 0.2) is 0 Å². The molecule has 124 valence electrons. The van der Waals surface area contributed by atoms with E-state index in [0.29, 0.717) is 5.02 Å². The molecule has 0 aliphatic rings. The molecule has 0 atom stereocenters. The quantitative estimate of drug-likeness (QED) is 0.741. The first-order chi connectivity index (χ1) is 10.9. The molecule has 0 saturated heterocycles. The van der Waals surface area contributed by atoms with E-state index in [1.54, 1.807) is 0 Å². The first-order valence-corrected chi connectivity index (χ1v) is 7.51. The monoisotopic (exact) mass is 382 g/mol. The summed E-state index contributed by atoms with van der Waals surface area (Å²) in [7, 11) is 0. The van der Waals surface area contributed by atoms with Crippen molar-refractivity contribution in [3.05, 3.63) is 38.8 Å². The summed E-state index contributed by atoms with van der Waals surface area (Å²) in [4.78, 5) is 11.5. The van der Waals surface area contributed by atoms with Crippen molar-refractivity contribution in [2.45, 2.75) is 13.3 Å². The second-order valence-electron chi connectivity index (χ2n) is 4.34. The highest BCUT2D eigenvalue weighted by molar-refractivity contribution is 6.35. The molecule has 0 fully saturated rings. The first-order valence-electron chi connectivity index (χ1n) is 6.38. The molecule has 0 bridgehead atoms. The van der Waals surface area contributed by atoms with Crippen molar-refractivity contribution < 1.29 is 13.5 Å². The van der Waals surface area contributed by atoms with Crippen LogP contribution in [0.1, 0.15) is 17.9 Å². The van der Waals surface area contributed by atoms with Gasteiger partial charge in [-0.2, -0.15) is 0 Å². The molecule has 2 heterocycles. The maximum atomic E-state index is 12.8. The van der Waals surface area contributed by atoms with Gasteiger partial charge in [-0.15, -0.1) is 0 Å². The number of rotatable bonds is 6. The van der Waals surface area contributed by atoms with Crippen LogP contribution in [-0.4, -0.2) is 28.1 Å². The minimum Gasteiger partial charge on any atom is -0.475 e. The predicted molar refractivity (Wildman–Crippen MR) is 85.0 cm³/mol. The van der Waals surface area contributed by atoms with E-state index < -0.39 is 12.1 Å². The summed E-state index contributed by atoms with van der Waals surface area (Å²) in [5.74, 6) is 0.528. The Bertz CT molecular complexity index is 703. The van der Waals surface area contributed by atoms with Gasteiger partial charge in [0, 0.05) is 6.20 Å². The Morgan fingerprint density at radius 3 is 2.65 bits per heavy atom. The van der Waals surface area contributed by atoms with Crippen LogP contribution in [-0.2, 0) is 0 Å². The van der Waals surface area contributed by atoms with Gasteiger partial charge >= 0.3 is 0 Å². The Morgan fingerprint density at radius 1 is 1.26 bits per heavy atom.